The quantitative estimate of drug-likeness (QED) is 0.866. The lowest BCUT2D eigenvalue weighted by atomic mass is 10.0. The zero-order valence-corrected chi connectivity index (χ0v) is 14.6. The summed E-state index contributed by atoms with van der Waals surface area (Å²) in [5, 5.41) is 12.4. The summed E-state index contributed by atoms with van der Waals surface area (Å²) in [6, 6.07) is 11.5. The van der Waals surface area contributed by atoms with Gasteiger partial charge >= 0.3 is 0 Å². The summed E-state index contributed by atoms with van der Waals surface area (Å²) in [4.78, 5) is 2.12. The van der Waals surface area contributed by atoms with Gasteiger partial charge in [-0.25, -0.2) is 8.42 Å². The molecule has 1 aliphatic rings. The van der Waals surface area contributed by atoms with E-state index in [1.165, 1.54) is 0 Å². The van der Waals surface area contributed by atoms with E-state index in [2.05, 4.69) is 4.90 Å². The number of phenolic OH excluding ortho intramolecular Hbond substituents is 1. The van der Waals surface area contributed by atoms with Crippen molar-refractivity contribution >= 4 is 20.6 Å². The summed E-state index contributed by atoms with van der Waals surface area (Å²) >= 11 is 0. The first kappa shape index (κ1) is 17.2. The SMILES string of the molecule is COCCN(Cc1c(O)ccc2ccccc12)[C@@H]1CCS(=O)(=O)C1. The fraction of sp³-hybridized carbons (Fsp3) is 0.444. The van der Waals surface area contributed by atoms with E-state index in [1.54, 1.807) is 13.2 Å². The van der Waals surface area contributed by atoms with E-state index in [1.807, 2.05) is 30.3 Å². The number of hydrogen-bond donors (Lipinski definition) is 1. The van der Waals surface area contributed by atoms with Crippen LogP contribution in [0, 0.1) is 0 Å². The molecular formula is C18H23NO4S. The topological polar surface area (TPSA) is 66.8 Å². The number of rotatable bonds is 6. The summed E-state index contributed by atoms with van der Waals surface area (Å²) in [6.07, 6.45) is 0.636. The zero-order chi connectivity index (χ0) is 17.2. The fourth-order valence-corrected chi connectivity index (χ4v) is 5.12. The molecule has 3 rings (SSSR count). The van der Waals surface area contributed by atoms with E-state index < -0.39 is 9.84 Å². The highest BCUT2D eigenvalue weighted by Gasteiger charge is 2.32. The van der Waals surface area contributed by atoms with Crippen LogP contribution in [-0.4, -0.2) is 56.2 Å². The molecule has 0 saturated carbocycles. The number of aromatic hydroxyl groups is 1. The van der Waals surface area contributed by atoms with Crippen molar-refractivity contribution in [3.63, 3.8) is 0 Å². The maximum absolute atomic E-state index is 11.8. The Balaban J connectivity index is 1.91. The summed E-state index contributed by atoms with van der Waals surface area (Å²) in [6.45, 7) is 1.68. The van der Waals surface area contributed by atoms with Crippen LogP contribution in [0.5, 0.6) is 5.75 Å². The van der Waals surface area contributed by atoms with Crippen molar-refractivity contribution in [3.05, 3.63) is 42.0 Å². The van der Waals surface area contributed by atoms with Gasteiger partial charge in [-0.1, -0.05) is 30.3 Å². The molecule has 0 aliphatic carbocycles. The Morgan fingerprint density at radius 1 is 1.25 bits per heavy atom. The van der Waals surface area contributed by atoms with Crippen molar-refractivity contribution in [1.82, 2.24) is 4.90 Å². The van der Waals surface area contributed by atoms with Gasteiger partial charge in [0.15, 0.2) is 9.84 Å². The van der Waals surface area contributed by atoms with E-state index in [-0.39, 0.29) is 23.3 Å². The molecule has 0 amide bonds. The van der Waals surface area contributed by atoms with Gasteiger partial charge in [0.25, 0.3) is 0 Å². The molecule has 1 saturated heterocycles. The van der Waals surface area contributed by atoms with Crippen LogP contribution in [0.1, 0.15) is 12.0 Å². The van der Waals surface area contributed by atoms with Crippen LogP contribution in [0.25, 0.3) is 10.8 Å². The van der Waals surface area contributed by atoms with E-state index in [0.717, 1.165) is 16.3 Å². The Hall–Kier alpha value is -1.63. The number of benzene rings is 2. The minimum absolute atomic E-state index is 0.0245. The molecule has 2 aromatic rings. The molecule has 1 fully saturated rings. The Labute approximate surface area is 142 Å². The molecule has 2 aromatic carbocycles. The molecule has 1 heterocycles. The maximum Gasteiger partial charge on any atom is 0.151 e. The zero-order valence-electron chi connectivity index (χ0n) is 13.8. The predicted octanol–water partition coefficient (Wildman–Crippen LogP) is 2.18. The first-order valence-corrected chi connectivity index (χ1v) is 9.95. The molecule has 6 heteroatoms. The number of methoxy groups -OCH3 is 1. The van der Waals surface area contributed by atoms with E-state index in [4.69, 9.17) is 4.74 Å². The minimum atomic E-state index is -2.96. The number of sulfone groups is 1. The Bertz CT molecular complexity index is 819. The Morgan fingerprint density at radius 3 is 2.75 bits per heavy atom. The molecule has 0 unspecified atom stereocenters. The van der Waals surface area contributed by atoms with Crippen LogP contribution in [0.2, 0.25) is 0 Å². The second kappa shape index (κ2) is 7.09. The van der Waals surface area contributed by atoms with Gasteiger partial charge in [0, 0.05) is 31.8 Å². The van der Waals surface area contributed by atoms with Gasteiger partial charge in [0.05, 0.1) is 18.1 Å². The summed E-state index contributed by atoms with van der Waals surface area (Å²) in [5.41, 5.74) is 0.841. The lowest BCUT2D eigenvalue weighted by Crippen LogP contribution is -2.38. The molecule has 130 valence electrons. The molecule has 5 nitrogen and oxygen atoms in total. The van der Waals surface area contributed by atoms with Crippen LogP contribution < -0.4 is 0 Å². The highest BCUT2D eigenvalue weighted by Crippen LogP contribution is 2.30. The largest absolute Gasteiger partial charge is 0.508 e. The highest BCUT2D eigenvalue weighted by atomic mass is 32.2. The van der Waals surface area contributed by atoms with Crippen LogP contribution in [0.4, 0.5) is 0 Å². The second-order valence-corrected chi connectivity index (χ2v) is 8.53. The van der Waals surface area contributed by atoms with Crippen LogP contribution in [0.3, 0.4) is 0 Å². The molecule has 0 radical (unpaired) electrons. The summed E-state index contributed by atoms with van der Waals surface area (Å²) in [7, 11) is -1.32. The Kier molecular flexibility index (Phi) is 5.08. The standard InChI is InChI=1S/C18H23NO4S/c1-23-10-9-19(15-8-11-24(21,22)13-15)12-17-16-5-3-2-4-14(16)6-7-18(17)20/h2-7,15,20H,8-13H2,1H3/t15-/m1/s1. The number of nitrogens with zero attached hydrogens (tertiary/aromatic N) is 1. The van der Waals surface area contributed by atoms with Gasteiger partial charge in [-0.3, -0.25) is 4.90 Å². The lowest BCUT2D eigenvalue weighted by molar-refractivity contribution is 0.121. The first-order chi connectivity index (χ1) is 11.5. The monoisotopic (exact) mass is 349 g/mol. The summed E-state index contributed by atoms with van der Waals surface area (Å²) in [5.74, 6) is 0.669. The third-order valence-corrected chi connectivity index (χ3v) is 6.43. The van der Waals surface area contributed by atoms with Crippen molar-refractivity contribution in [2.45, 2.75) is 19.0 Å². The van der Waals surface area contributed by atoms with Crippen LogP contribution in [0.15, 0.2) is 36.4 Å². The van der Waals surface area contributed by atoms with Gasteiger partial charge < -0.3 is 9.84 Å². The normalized spacial score (nSPS) is 20.0. The average Bonchev–Trinajstić information content (AvgIpc) is 2.93. The van der Waals surface area contributed by atoms with Gasteiger partial charge in [0.1, 0.15) is 5.75 Å². The smallest absolute Gasteiger partial charge is 0.151 e. The van der Waals surface area contributed by atoms with Gasteiger partial charge in [-0.15, -0.1) is 0 Å². The first-order valence-electron chi connectivity index (χ1n) is 8.13. The van der Waals surface area contributed by atoms with E-state index in [9.17, 15) is 13.5 Å². The molecular weight excluding hydrogens is 326 g/mol. The van der Waals surface area contributed by atoms with Crippen LogP contribution in [-0.2, 0) is 21.1 Å². The fourth-order valence-electron chi connectivity index (χ4n) is 3.36. The number of ether oxygens (including phenoxy) is 1. The highest BCUT2D eigenvalue weighted by molar-refractivity contribution is 7.91. The van der Waals surface area contributed by atoms with Gasteiger partial charge in [-0.2, -0.15) is 0 Å². The molecule has 1 aliphatic heterocycles. The minimum Gasteiger partial charge on any atom is -0.508 e. The van der Waals surface area contributed by atoms with Gasteiger partial charge in [-0.05, 0) is 23.3 Å². The maximum atomic E-state index is 11.8. The molecule has 1 atom stereocenters. The van der Waals surface area contributed by atoms with Crippen molar-refractivity contribution in [1.29, 1.82) is 0 Å². The lowest BCUT2D eigenvalue weighted by Gasteiger charge is -2.28. The predicted molar refractivity (Wildman–Crippen MR) is 95.0 cm³/mol. The van der Waals surface area contributed by atoms with E-state index >= 15 is 0 Å². The second-order valence-electron chi connectivity index (χ2n) is 6.30. The third-order valence-electron chi connectivity index (χ3n) is 4.68. The average molecular weight is 349 g/mol. The molecule has 0 aromatic heterocycles. The molecule has 0 bridgehead atoms. The number of fused-ring (bicyclic) bond motifs is 1. The van der Waals surface area contributed by atoms with Crippen molar-refractivity contribution in [2.75, 3.05) is 31.8 Å². The third kappa shape index (κ3) is 3.71. The molecule has 0 spiro atoms. The molecule has 1 N–H and O–H groups in total. The van der Waals surface area contributed by atoms with Crippen LogP contribution >= 0.6 is 0 Å². The number of phenols is 1. The van der Waals surface area contributed by atoms with Crippen molar-refractivity contribution in [2.24, 2.45) is 0 Å². The van der Waals surface area contributed by atoms with Gasteiger partial charge in [0.2, 0.25) is 0 Å². The number of hydrogen-bond acceptors (Lipinski definition) is 5. The molecule has 24 heavy (non-hydrogen) atoms. The van der Waals surface area contributed by atoms with Crippen molar-refractivity contribution in [3.8, 4) is 5.75 Å². The van der Waals surface area contributed by atoms with Crippen molar-refractivity contribution < 1.29 is 18.3 Å². The summed E-state index contributed by atoms with van der Waals surface area (Å²) < 4.78 is 28.9. The van der Waals surface area contributed by atoms with E-state index in [0.29, 0.717) is 26.1 Å². The Morgan fingerprint density at radius 2 is 2.04 bits per heavy atom.